The van der Waals surface area contributed by atoms with Gasteiger partial charge in [0.15, 0.2) is 20.9 Å². The van der Waals surface area contributed by atoms with Crippen LogP contribution in [0.3, 0.4) is 0 Å². The minimum Gasteiger partial charge on any atom is -0.348 e. The second-order valence-corrected chi connectivity index (χ2v) is 4.59. The van der Waals surface area contributed by atoms with Crippen molar-refractivity contribution < 1.29 is 23.7 Å². The normalized spacial score (nSPS) is 22.3. The molecule has 1 aromatic rings. The van der Waals surface area contributed by atoms with Crippen molar-refractivity contribution >= 4 is 8.38 Å². The van der Waals surface area contributed by atoms with Crippen molar-refractivity contribution in [2.24, 2.45) is 0 Å². The molecular formula is C9H10FN2O6P. The summed E-state index contributed by atoms with van der Waals surface area (Å²) in [5.41, 5.74) is -1.93. The first-order valence-corrected chi connectivity index (χ1v) is 6.52. The van der Waals surface area contributed by atoms with E-state index in [0.29, 0.717) is 0 Å². The van der Waals surface area contributed by atoms with E-state index < -0.39 is 38.0 Å². The number of rotatable bonds is 4. The lowest BCUT2D eigenvalue weighted by molar-refractivity contribution is -0.126. The number of halogens is 1. The van der Waals surface area contributed by atoms with E-state index in [2.05, 4.69) is 0 Å². The molecular weight excluding hydrogens is 282 g/mol. The summed E-state index contributed by atoms with van der Waals surface area (Å²) < 4.78 is 24.1. The quantitative estimate of drug-likeness (QED) is 0.502. The number of H-pyrrole nitrogens is 1. The highest BCUT2D eigenvalue weighted by Gasteiger charge is 2.23. The van der Waals surface area contributed by atoms with Crippen LogP contribution in [0, 0.1) is 5.82 Å². The molecule has 1 aromatic heterocycles. The van der Waals surface area contributed by atoms with Gasteiger partial charge in [0.2, 0.25) is 5.82 Å². The van der Waals surface area contributed by atoms with E-state index in [9.17, 15) is 14.0 Å². The highest BCUT2D eigenvalue weighted by atomic mass is 31.2. The van der Waals surface area contributed by atoms with E-state index in [1.54, 1.807) is 4.98 Å². The van der Waals surface area contributed by atoms with E-state index in [1.807, 2.05) is 0 Å². The zero-order valence-electron chi connectivity index (χ0n) is 9.39. The van der Waals surface area contributed by atoms with Crippen molar-refractivity contribution in [3.05, 3.63) is 45.0 Å². The Bertz CT molecular complexity index is 597. The molecule has 0 saturated carbocycles. The molecule has 104 valence electrons. The molecule has 10 heteroatoms. The van der Waals surface area contributed by atoms with Crippen LogP contribution in [-0.2, 0) is 9.47 Å². The van der Waals surface area contributed by atoms with E-state index in [1.165, 1.54) is 12.2 Å². The lowest BCUT2D eigenvalue weighted by Crippen LogP contribution is -2.34. The lowest BCUT2D eigenvalue weighted by atomic mass is 10.5. The Morgan fingerprint density at radius 3 is 2.89 bits per heavy atom. The van der Waals surface area contributed by atoms with Crippen LogP contribution in [0.25, 0.3) is 0 Å². The molecule has 2 unspecified atom stereocenters. The Morgan fingerprint density at radius 1 is 1.47 bits per heavy atom. The third-order valence-corrected chi connectivity index (χ3v) is 2.64. The second-order valence-electron chi connectivity index (χ2n) is 3.59. The largest absolute Gasteiger partial charge is 0.348 e. The first-order chi connectivity index (χ1) is 8.97. The number of hydrogen-bond acceptors (Lipinski definition) is 6. The Morgan fingerprint density at radius 2 is 2.21 bits per heavy atom. The molecule has 0 amide bonds. The first-order valence-electron chi connectivity index (χ1n) is 5.09. The van der Waals surface area contributed by atoms with Gasteiger partial charge < -0.3 is 19.3 Å². The maximum absolute atomic E-state index is 13.1. The lowest BCUT2D eigenvalue weighted by Gasteiger charge is -2.16. The Balaban J connectivity index is 2.10. The molecule has 8 nitrogen and oxygen atoms in total. The Kier molecular flexibility index (Phi) is 4.23. The minimum atomic E-state index is -2.21. The smallest absolute Gasteiger partial charge is 0.330 e. The van der Waals surface area contributed by atoms with Crippen LogP contribution in [0.4, 0.5) is 4.39 Å². The molecule has 1 aliphatic rings. The fraction of sp³-hybridized carbons (Fsp3) is 0.333. The summed E-state index contributed by atoms with van der Waals surface area (Å²) in [7, 11) is -2.21. The van der Waals surface area contributed by atoms with E-state index in [4.69, 9.17) is 19.3 Å². The van der Waals surface area contributed by atoms with Crippen LogP contribution in [-0.4, -0.2) is 32.0 Å². The molecule has 3 N–H and O–H groups in total. The highest BCUT2D eigenvalue weighted by molar-refractivity contribution is 7.44. The number of aromatic nitrogens is 2. The van der Waals surface area contributed by atoms with Crippen LogP contribution in [0.5, 0.6) is 0 Å². The monoisotopic (exact) mass is 292 g/mol. The fourth-order valence-electron chi connectivity index (χ4n) is 1.46. The van der Waals surface area contributed by atoms with E-state index in [-0.39, 0.29) is 6.35 Å². The van der Waals surface area contributed by atoms with Gasteiger partial charge in [0, 0.05) is 0 Å². The molecule has 0 bridgehead atoms. The van der Waals surface area contributed by atoms with Crippen LogP contribution in [0.15, 0.2) is 27.9 Å². The van der Waals surface area contributed by atoms with Crippen LogP contribution in [0.2, 0.25) is 0 Å². The van der Waals surface area contributed by atoms with Crippen molar-refractivity contribution in [1.29, 1.82) is 0 Å². The van der Waals surface area contributed by atoms with E-state index >= 15 is 0 Å². The van der Waals surface area contributed by atoms with E-state index in [0.717, 1.165) is 10.8 Å². The van der Waals surface area contributed by atoms with Crippen LogP contribution >= 0.6 is 8.38 Å². The minimum absolute atomic E-state index is 0.314. The highest BCUT2D eigenvalue weighted by Crippen LogP contribution is 2.26. The van der Waals surface area contributed by atoms with Crippen molar-refractivity contribution in [2.45, 2.75) is 12.5 Å². The Hall–Kier alpha value is -1.38. The Labute approximate surface area is 106 Å². The summed E-state index contributed by atoms with van der Waals surface area (Å²) in [4.78, 5) is 41.5. The zero-order valence-corrected chi connectivity index (χ0v) is 10.3. The second kappa shape index (κ2) is 5.72. The maximum Gasteiger partial charge on any atom is 0.330 e. The molecule has 0 aromatic carbocycles. The molecule has 1 aliphatic heterocycles. The molecule has 0 radical (unpaired) electrons. The summed E-state index contributed by atoms with van der Waals surface area (Å²) in [6.07, 6.45) is 1.44. The van der Waals surface area contributed by atoms with Crippen LogP contribution in [0.1, 0.15) is 6.23 Å². The number of nitrogens with one attached hydrogen (secondary N) is 1. The van der Waals surface area contributed by atoms with Gasteiger partial charge in [-0.3, -0.25) is 14.3 Å². The molecule has 0 aliphatic carbocycles. The van der Waals surface area contributed by atoms with Crippen molar-refractivity contribution in [3.8, 4) is 0 Å². The van der Waals surface area contributed by atoms with Gasteiger partial charge in [-0.05, 0) is 12.2 Å². The predicted molar refractivity (Wildman–Crippen MR) is 61.6 cm³/mol. The van der Waals surface area contributed by atoms with Crippen LogP contribution < -0.4 is 11.2 Å². The number of ether oxygens (including phenoxy) is 2. The molecule has 2 atom stereocenters. The first kappa shape index (κ1) is 14.0. The third kappa shape index (κ3) is 3.34. The third-order valence-electron chi connectivity index (χ3n) is 2.26. The summed E-state index contributed by atoms with van der Waals surface area (Å²) in [5.74, 6) is -1.12. The van der Waals surface area contributed by atoms with Gasteiger partial charge in [-0.2, -0.15) is 4.39 Å². The maximum atomic E-state index is 13.1. The number of nitrogens with zero attached hydrogens (tertiary/aromatic N) is 1. The molecule has 2 rings (SSSR count). The SMILES string of the molecule is O=c1[nH]c(=O)n(C2C=CC(OCP(O)O)O2)cc1F. The van der Waals surface area contributed by atoms with Crippen molar-refractivity contribution in [2.75, 3.05) is 6.35 Å². The summed E-state index contributed by atoms with van der Waals surface area (Å²) in [6, 6.07) is 0. The summed E-state index contributed by atoms with van der Waals surface area (Å²) >= 11 is 0. The van der Waals surface area contributed by atoms with Gasteiger partial charge in [0.25, 0.3) is 5.56 Å². The molecule has 0 saturated heterocycles. The average Bonchev–Trinajstić information content (AvgIpc) is 2.80. The van der Waals surface area contributed by atoms with Crippen molar-refractivity contribution in [3.63, 3.8) is 0 Å². The fourth-order valence-corrected chi connectivity index (χ4v) is 1.74. The standard InChI is InChI=1S/C9H10FN2O6P/c10-5-3-12(9(14)11-8(5)13)6-1-2-7(18-6)17-4-19(15)16/h1-3,6-7,15-16H,4H2,(H,11,13,14). The molecule has 0 fully saturated rings. The predicted octanol–water partition coefficient (Wildman–Crippen LogP) is -0.643. The topological polar surface area (TPSA) is 114 Å². The van der Waals surface area contributed by atoms with Gasteiger partial charge >= 0.3 is 5.69 Å². The van der Waals surface area contributed by atoms with Gasteiger partial charge in [0.1, 0.15) is 6.35 Å². The zero-order chi connectivity index (χ0) is 14.0. The van der Waals surface area contributed by atoms with Gasteiger partial charge in [-0.15, -0.1) is 0 Å². The summed E-state index contributed by atoms with van der Waals surface area (Å²) in [6.45, 7) is 0. The average molecular weight is 292 g/mol. The van der Waals surface area contributed by atoms with Gasteiger partial charge in [-0.25, -0.2) is 4.79 Å². The molecule has 0 spiro atoms. The van der Waals surface area contributed by atoms with Gasteiger partial charge in [0.05, 0.1) is 6.20 Å². The number of hydrogen-bond donors (Lipinski definition) is 3. The van der Waals surface area contributed by atoms with Crippen molar-refractivity contribution in [1.82, 2.24) is 9.55 Å². The summed E-state index contributed by atoms with van der Waals surface area (Å²) in [5, 5.41) is 0. The van der Waals surface area contributed by atoms with Gasteiger partial charge in [-0.1, -0.05) is 0 Å². The molecule has 19 heavy (non-hydrogen) atoms. The molecule has 2 heterocycles. The number of aromatic amines is 1.